The average molecular weight is 1260 g/mol. The van der Waals surface area contributed by atoms with Crippen LogP contribution in [0, 0.1) is 0 Å². The summed E-state index contributed by atoms with van der Waals surface area (Å²) in [6, 6.07) is 0. The number of phosphoric acid groups is 1. The summed E-state index contributed by atoms with van der Waals surface area (Å²) < 4.78 is 33.2. The molecule has 0 aromatic rings. The van der Waals surface area contributed by atoms with Crippen LogP contribution in [-0.2, 0) is 32.7 Å². The van der Waals surface area contributed by atoms with Crippen LogP contribution in [0.1, 0.15) is 335 Å². The van der Waals surface area contributed by atoms with Crippen LogP contribution in [0.4, 0.5) is 0 Å². The van der Waals surface area contributed by atoms with Gasteiger partial charge in [-0.25, -0.2) is 4.57 Å². The molecule has 0 aromatic heterocycles. The fraction of sp³-hybridized carbons (Fsp3) is 0.722. The van der Waals surface area contributed by atoms with Gasteiger partial charge in [0.25, 0.3) is 0 Å². The number of hydrogen-bond donors (Lipinski definition) is 2. The summed E-state index contributed by atoms with van der Waals surface area (Å²) in [4.78, 5) is 35.4. The molecule has 0 radical (unpaired) electrons. The van der Waals surface area contributed by atoms with Crippen molar-refractivity contribution in [3.8, 4) is 0 Å². The predicted octanol–water partition coefficient (Wildman–Crippen LogP) is 24.6. The molecule has 0 rings (SSSR count). The van der Waals surface area contributed by atoms with Crippen LogP contribution in [0.15, 0.2) is 122 Å². The van der Waals surface area contributed by atoms with Crippen LogP contribution < -0.4 is 5.73 Å². The molecule has 0 saturated heterocycles. The third-order valence-electron chi connectivity index (χ3n) is 15.8. The topological polar surface area (TPSA) is 134 Å². The van der Waals surface area contributed by atoms with Crippen molar-refractivity contribution in [3.05, 3.63) is 122 Å². The third kappa shape index (κ3) is 73.3. The molecule has 3 N–H and O–H groups in total. The molecule has 2 atom stereocenters. The maximum Gasteiger partial charge on any atom is 0.472 e. The van der Waals surface area contributed by atoms with Gasteiger partial charge in [0.1, 0.15) is 6.61 Å². The van der Waals surface area contributed by atoms with Gasteiger partial charge in [-0.1, -0.05) is 334 Å². The Morgan fingerprint density at radius 2 is 0.618 bits per heavy atom. The number of carbonyl (C=O) groups is 2. The van der Waals surface area contributed by atoms with E-state index in [9.17, 15) is 19.0 Å². The first-order valence-corrected chi connectivity index (χ1v) is 38.5. The van der Waals surface area contributed by atoms with E-state index in [1.807, 2.05) is 0 Å². The molecule has 0 aromatic carbocycles. The van der Waals surface area contributed by atoms with Gasteiger partial charge in [0.05, 0.1) is 13.2 Å². The smallest absolute Gasteiger partial charge is 0.462 e. The zero-order valence-corrected chi connectivity index (χ0v) is 58.5. The van der Waals surface area contributed by atoms with E-state index in [0.717, 1.165) is 103 Å². The monoisotopic (exact) mass is 1260 g/mol. The number of unbranched alkanes of at least 4 members (excludes halogenated alkanes) is 36. The Hall–Kier alpha value is -3.59. The molecule has 0 aliphatic heterocycles. The number of esters is 2. The summed E-state index contributed by atoms with van der Waals surface area (Å²) in [6.45, 7) is 3.63. The van der Waals surface area contributed by atoms with Crippen LogP contribution in [0.2, 0.25) is 0 Å². The second-order valence-corrected chi connectivity index (χ2v) is 25.9. The average Bonchev–Trinajstić information content (AvgIpc) is 3.68. The minimum atomic E-state index is -4.40. The number of phosphoric ester groups is 1. The molecule has 0 fully saturated rings. The number of carbonyl (C=O) groups excluding carboxylic acids is 2. The van der Waals surface area contributed by atoms with Crippen molar-refractivity contribution in [2.24, 2.45) is 5.73 Å². The lowest BCUT2D eigenvalue weighted by atomic mass is 10.0. The van der Waals surface area contributed by atoms with Crippen LogP contribution in [-0.4, -0.2) is 49.3 Å². The van der Waals surface area contributed by atoms with Crippen molar-refractivity contribution in [1.29, 1.82) is 0 Å². The Kier molecular flexibility index (Phi) is 70.5. The first-order valence-electron chi connectivity index (χ1n) is 37.0. The second-order valence-electron chi connectivity index (χ2n) is 24.4. The molecule has 0 amide bonds. The Bertz CT molecular complexity index is 1880. The fourth-order valence-electron chi connectivity index (χ4n) is 10.4. The van der Waals surface area contributed by atoms with Gasteiger partial charge in [0.2, 0.25) is 0 Å². The van der Waals surface area contributed by atoms with Crippen molar-refractivity contribution in [2.75, 3.05) is 26.4 Å². The van der Waals surface area contributed by atoms with Gasteiger partial charge in [0.15, 0.2) is 6.10 Å². The zero-order chi connectivity index (χ0) is 64.4. The molecular weight excluding hydrogens is 1120 g/mol. The van der Waals surface area contributed by atoms with E-state index in [1.165, 1.54) is 199 Å². The lowest BCUT2D eigenvalue weighted by Crippen LogP contribution is -2.29. The molecule has 0 bridgehead atoms. The SMILES string of the molecule is CC/C=C\C/C=C\C/C=C\C/C=C\C/C=C\C/C=C\C/C=C\CCCCCCCCCC(=O)OC(COC(=O)CCCCCCCCCCCCCCCCCCCCCCCCCC/C=C\C/C=C\C/C=C\CCCCCCC)COP(=O)(O)OCCN. The standard InChI is InChI=1S/C79H138NO8P/c1-3-5-7-9-11-13-15-17-19-21-23-25-27-29-31-33-34-35-36-37-38-39-40-41-42-44-45-47-49-51-53-55-57-59-61-63-65-67-69-71-78(81)85-75-77(76-87-89(83,84)86-74-73-80)88-79(82)72-70-68-66-64-62-60-58-56-54-52-50-48-46-43-32-30-28-26-24-22-20-18-16-14-12-10-8-6-4-2/h6,8,12,14-15,17-18,20-21,23-24,26-27,29-30,32,46,48,52,54,77H,3-5,7,9-11,13,16,19,22,25,28,31,33-45,47,49-51,53,55-76,80H2,1-2H3,(H,83,84)/b8-6-,14-12-,17-15-,20-18-,23-21-,26-24-,29-27-,32-30-,48-46-,54-52-. The normalized spacial score (nSPS) is 13.6. The summed E-state index contributed by atoms with van der Waals surface area (Å²) >= 11 is 0. The van der Waals surface area contributed by atoms with Crippen molar-refractivity contribution in [3.63, 3.8) is 0 Å². The van der Waals surface area contributed by atoms with E-state index >= 15 is 0 Å². The minimum Gasteiger partial charge on any atom is -0.462 e. The molecule has 0 aliphatic rings. The van der Waals surface area contributed by atoms with Crippen LogP contribution in [0.25, 0.3) is 0 Å². The first kappa shape index (κ1) is 85.4. The minimum absolute atomic E-state index is 0.0472. The third-order valence-corrected chi connectivity index (χ3v) is 16.8. The molecule has 89 heavy (non-hydrogen) atoms. The van der Waals surface area contributed by atoms with Gasteiger partial charge >= 0.3 is 19.8 Å². The van der Waals surface area contributed by atoms with E-state index in [-0.39, 0.29) is 38.6 Å². The zero-order valence-electron chi connectivity index (χ0n) is 57.6. The molecule has 9 nitrogen and oxygen atoms in total. The van der Waals surface area contributed by atoms with Gasteiger partial charge in [0, 0.05) is 19.4 Å². The van der Waals surface area contributed by atoms with E-state index < -0.39 is 26.5 Å². The Morgan fingerprint density at radius 1 is 0.348 bits per heavy atom. The number of nitrogens with two attached hydrogens (primary N) is 1. The van der Waals surface area contributed by atoms with Gasteiger partial charge in [-0.3, -0.25) is 18.6 Å². The number of rotatable bonds is 69. The summed E-state index contributed by atoms with van der Waals surface area (Å²) in [5.74, 6) is -0.835. The molecule has 0 saturated carbocycles. The highest BCUT2D eigenvalue weighted by Crippen LogP contribution is 2.43. The van der Waals surface area contributed by atoms with Crippen molar-refractivity contribution in [2.45, 2.75) is 341 Å². The molecule has 0 spiro atoms. The highest BCUT2D eigenvalue weighted by molar-refractivity contribution is 7.47. The molecule has 0 aliphatic carbocycles. The molecule has 10 heteroatoms. The largest absolute Gasteiger partial charge is 0.472 e. The lowest BCUT2D eigenvalue weighted by Gasteiger charge is -2.19. The fourth-order valence-corrected chi connectivity index (χ4v) is 11.2. The predicted molar refractivity (Wildman–Crippen MR) is 385 cm³/mol. The van der Waals surface area contributed by atoms with Crippen molar-refractivity contribution >= 4 is 19.8 Å². The van der Waals surface area contributed by atoms with Crippen molar-refractivity contribution < 1.29 is 37.6 Å². The Balaban J connectivity index is 3.85. The van der Waals surface area contributed by atoms with Crippen LogP contribution in [0.5, 0.6) is 0 Å². The quantitative estimate of drug-likeness (QED) is 0.0264. The van der Waals surface area contributed by atoms with E-state index in [0.29, 0.717) is 6.42 Å². The first-order chi connectivity index (χ1) is 43.8. The highest BCUT2D eigenvalue weighted by Gasteiger charge is 2.26. The highest BCUT2D eigenvalue weighted by atomic mass is 31.2. The second kappa shape index (κ2) is 73.5. The molecular formula is C79H138NO8P. The van der Waals surface area contributed by atoms with Gasteiger partial charge in [-0.2, -0.15) is 0 Å². The van der Waals surface area contributed by atoms with E-state index in [2.05, 4.69) is 135 Å². The lowest BCUT2D eigenvalue weighted by molar-refractivity contribution is -0.161. The maximum absolute atomic E-state index is 12.8. The van der Waals surface area contributed by atoms with Gasteiger partial charge in [-0.15, -0.1) is 0 Å². The van der Waals surface area contributed by atoms with Gasteiger partial charge in [-0.05, 0) is 109 Å². The molecule has 2 unspecified atom stereocenters. The summed E-state index contributed by atoms with van der Waals surface area (Å²) in [6.07, 6.45) is 103. The Labute approximate surface area is 549 Å². The molecule has 512 valence electrons. The van der Waals surface area contributed by atoms with E-state index in [1.54, 1.807) is 0 Å². The maximum atomic E-state index is 12.8. The number of ether oxygens (including phenoxy) is 2. The summed E-state index contributed by atoms with van der Waals surface area (Å²) in [5, 5.41) is 0. The summed E-state index contributed by atoms with van der Waals surface area (Å²) in [5.41, 5.74) is 5.40. The Morgan fingerprint density at radius 3 is 0.921 bits per heavy atom. The van der Waals surface area contributed by atoms with E-state index in [4.69, 9.17) is 24.3 Å². The molecule has 0 heterocycles. The number of hydrogen-bond acceptors (Lipinski definition) is 8. The van der Waals surface area contributed by atoms with Crippen LogP contribution >= 0.6 is 7.82 Å². The van der Waals surface area contributed by atoms with Crippen molar-refractivity contribution in [1.82, 2.24) is 0 Å². The summed E-state index contributed by atoms with van der Waals surface area (Å²) in [7, 11) is -4.40. The van der Waals surface area contributed by atoms with Gasteiger partial charge < -0.3 is 20.1 Å². The number of allylic oxidation sites excluding steroid dienone is 20. The van der Waals surface area contributed by atoms with Crippen LogP contribution in [0.3, 0.4) is 0 Å².